The van der Waals surface area contributed by atoms with E-state index in [0.717, 1.165) is 19.3 Å². The van der Waals surface area contributed by atoms with Crippen molar-refractivity contribution in [1.29, 1.82) is 0 Å². The molecule has 0 radical (unpaired) electrons. The van der Waals surface area contributed by atoms with Gasteiger partial charge in [0.05, 0.1) is 0 Å². The Morgan fingerprint density at radius 2 is 1.53 bits per heavy atom. The molecule has 2 nitrogen and oxygen atoms in total. The number of allylic oxidation sites excluding steroid dienone is 1. The van der Waals surface area contributed by atoms with Crippen LogP contribution in [-0.2, 0) is 0 Å². The van der Waals surface area contributed by atoms with Crippen molar-refractivity contribution < 1.29 is 0 Å². The first-order valence-electron chi connectivity index (χ1n) is 14.6. The Hall–Kier alpha value is -0.250. The topological polar surface area (TPSA) is 52.0 Å². The van der Waals surface area contributed by atoms with Crippen molar-refractivity contribution in [1.82, 2.24) is 0 Å². The molecule has 0 aliphatic heterocycles. The van der Waals surface area contributed by atoms with E-state index >= 15 is 0 Å². The van der Waals surface area contributed by atoms with Crippen LogP contribution in [0.3, 0.4) is 0 Å². The molecule has 0 aromatic rings. The van der Waals surface area contributed by atoms with Gasteiger partial charge in [0.2, 0.25) is 0 Å². The maximum atomic E-state index is 7.12. The lowest BCUT2D eigenvalue weighted by molar-refractivity contribution is 0.136. The lowest BCUT2D eigenvalue weighted by atomic mass is 9.66. The molecule has 0 saturated carbocycles. The Bertz CT molecular complexity index is 664. The Labute approximate surface area is 217 Å². The molecule has 2 rings (SSSR count). The second-order valence-electron chi connectivity index (χ2n) is 12.9. The summed E-state index contributed by atoms with van der Waals surface area (Å²) in [6, 6.07) is 0. The van der Waals surface area contributed by atoms with Crippen LogP contribution >= 0.6 is 11.8 Å². The van der Waals surface area contributed by atoms with Crippen LogP contribution in [0.5, 0.6) is 0 Å². The van der Waals surface area contributed by atoms with Crippen LogP contribution in [-0.4, -0.2) is 16.3 Å². The van der Waals surface area contributed by atoms with Gasteiger partial charge in [0.1, 0.15) is 0 Å². The molecule has 3 atom stereocenters. The lowest BCUT2D eigenvalue weighted by Crippen LogP contribution is -2.52. The Kier molecular flexibility index (Phi) is 11.8. The van der Waals surface area contributed by atoms with Crippen LogP contribution in [0.2, 0.25) is 0 Å². The largest absolute Gasteiger partial charge is 0.324 e. The van der Waals surface area contributed by atoms with Crippen molar-refractivity contribution in [3.63, 3.8) is 0 Å². The smallest absolute Gasteiger partial charge is 0.0391 e. The van der Waals surface area contributed by atoms with E-state index in [1.165, 1.54) is 83.5 Å². The summed E-state index contributed by atoms with van der Waals surface area (Å²) in [5, 5.41) is 0.551. The zero-order chi connectivity index (χ0) is 25.3. The summed E-state index contributed by atoms with van der Waals surface area (Å²) < 4.78 is 0. The van der Waals surface area contributed by atoms with Crippen LogP contribution in [0.4, 0.5) is 0 Å². The van der Waals surface area contributed by atoms with E-state index in [2.05, 4.69) is 71.5 Å². The van der Waals surface area contributed by atoms with E-state index in [1.54, 1.807) is 4.91 Å². The second kappa shape index (κ2) is 13.3. The van der Waals surface area contributed by atoms with E-state index in [-0.39, 0.29) is 21.9 Å². The monoisotopic (exact) mass is 490 g/mol. The molecule has 0 bridgehead atoms. The van der Waals surface area contributed by atoms with Crippen molar-refractivity contribution in [2.24, 2.45) is 22.3 Å². The van der Waals surface area contributed by atoms with Crippen molar-refractivity contribution >= 4 is 11.8 Å². The minimum atomic E-state index is -0.178. The van der Waals surface area contributed by atoms with Gasteiger partial charge in [-0.1, -0.05) is 105 Å². The average Bonchev–Trinajstić information content (AvgIpc) is 3.09. The normalized spacial score (nSPS) is 28.9. The third kappa shape index (κ3) is 8.13. The summed E-state index contributed by atoms with van der Waals surface area (Å²) in [5.74, 6) is 0. The molecule has 0 aromatic carbocycles. The highest BCUT2D eigenvalue weighted by atomic mass is 32.2. The third-order valence-electron chi connectivity index (χ3n) is 9.40. The standard InChI is InChI=1S/C31H58N2S/c1-7-9-11-13-21-29(5,6)31(33)23-15-17-27(19-25-31)34-26-16-14-22-30(32,24-18-26)28(3,4)20-12-10-8-2/h18-19,24,26H,7-17,20-23,25,32-33H2,1-6H3. The van der Waals surface area contributed by atoms with Gasteiger partial charge in [-0.3, -0.25) is 0 Å². The van der Waals surface area contributed by atoms with Gasteiger partial charge in [-0.15, -0.1) is 11.8 Å². The summed E-state index contributed by atoms with van der Waals surface area (Å²) in [4.78, 5) is 1.57. The van der Waals surface area contributed by atoms with Crippen LogP contribution in [0.1, 0.15) is 144 Å². The first-order chi connectivity index (χ1) is 16.0. The van der Waals surface area contributed by atoms with Crippen molar-refractivity contribution in [3.8, 4) is 0 Å². The number of rotatable bonds is 13. The molecule has 0 aromatic heterocycles. The highest BCUT2D eigenvalue weighted by Gasteiger charge is 2.42. The fourth-order valence-corrected chi connectivity index (χ4v) is 7.28. The van der Waals surface area contributed by atoms with E-state index < -0.39 is 0 Å². The highest BCUT2D eigenvalue weighted by Crippen LogP contribution is 2.46. The molecule has 0 amide bonds. The summed E-state index contributed by atoms with van der Waals surface area (Å²) >= 11 is 2.10. The van der Waals surface area contributed by atoms with Gasteiger partial charge in [-0.05, 0) is 73.5 Å². The van der Waals surface area contributed by atoms with Gasteiger partial charge < -0.3 is 11.5 Å². The predicted molar refractivity (Wildman–Crippen MR) is 155 cm³/mol. The van der Waals surface area contributed by atoms with E-state index in [1.807, 2.05) is 0 Å². The molecule has 2 aliphatic carbocycles. The summed E-state index contributed by atoms with van der Waals surface area (Å²) in [7, 11) is 0. The van der Waals surface area contributed by atoms with E-state index in [9.17, 15) is 0 Å². The molecule has 3 heteroatoms. The molecule has 4 N–H and O–H groups in total. The SMILES string of the molecule is CCCCCCC(C)(C)C1(N)CC=C(SC2C=CC(N)(C(C)(C)CCCCC)CCC2)CCC1. The summed E-state index contributed by atoms with van der Waals surface area (Å²) in [5.41, 5.74) is 14.3. The Balaban J connectivity index is 2.00. The molecule has 3 unspecified atom stereocenters. The summed E-state index contributed by atoms with van der Waals surface area (Å²) in [6.07, 6.45) is 27.2. The minimum Gasteiger partial charge on any atom is -0.324 e. The zero-order valence-electron chi connectivity index (χ0n) is 23.7. The summed E-state index contributed by atoms with van der Waals surface area (Å²) in [6.45, 7) is 14.2. The minimum absolute atomic E-state index is 0.0737. The first-order valence-corrected chi connectivity index (χ1v) is 15.5. The first kappa shape index (κ1) is 30.0. The molecule has 2 aliphatic rings. The van der Waals surface area contributed by atoms with Crippen LogP contribution < -0.4 is 11.5 Å². The highest BCUT2D eigenvalue weighted by molar-refractivity contribution is 8.03. The fraction of sp³-hybridized carbons (Fsp3) is 0.871. The number of thioether (sulfide) groups is 1. The Morgan fingerprint density at radius 3 is 2.24 bits per heavy atom. The average molecular weight is 491 g/mol. The molecule has 198 valence electrons. The number of unbranched alkanes of at least 4 members (excludes halogenated alkanes) is 5. The zero-order valence-corrected chi connectivity index (χ0v) is 24.5. The van der Waals surface area contributed by atoms with Crippen molar-refractivity contribution in [3.05, 3.63) is 23.1 Å². The van der Waals surface area contributed by atoms with Gasteiger partial charge in [-0.2, -0.15) is 0 Å². The molecular weight excluding hydrogens is 432 g/mol. The van der Waals surface area contributed by atoms with E-state index in [0.29, 0.717) is 5.25 Å². The van der Waals surface area contributed by atoms with Crippen LogP contribution in [0, 0.1) is 10.8 Å². The van der Waals surface area contributed by atoms with Gasteiger partial charge in [0, 0.05) is 16.3 Å². The van der Waals surface area contributed by atoms with Crippen molar-refractivity contribution in [2.45, 2.75) is 161 Å². The number of hydrogen-bond acceptors (Lipinski definition) is 3. The van der Waals surface area contributed by atoms with E-state index in [4.69, 9.17) is 11.5 Å². The van der Waals surface area contributed by atoms with Gasteiger partial charge >= 0.3 is 0 Å². The predicted octanol–water partition coefficient (Wildman–Crippen LogP) is 9.28. The van der Waals surface area contributed by atoms with Gasteiger partial charge in [0.15, 0.2) is 0 Å². The number of nitrogens with two attached hydrogens (primary N) is 2. The lowest BCUT2D eigenvalue weighted by Gasteiger charge is -2.44. The molecule has 0 fully saturated rings. The van der Waals surface area contributed by atoms with Gasteiger partial charge in [-0.25, -0.2) is 0 Å². The third-order valence-corrected chi connectivity index (χ3v) is 10.8. The maximum Gasteiger partial charge on any atom is 0.0391 e. The van der Waals surface area contributed by atoms with Crippen molar-refractivity contribution in [2.75, 3.05) is 0 Å². The molecular formula is C31H58N2S. The molecule has 0 spiro atoms. The molecule has 34 heavy (non-hydrogen) atoms. The second-order valence-corrected chi connectivity index (χ2v) is 14.2. The van der Waals surface area contributed by atoms with Crippen LogP contribution in [0.25, 0.3) is 0 Å². The Morgan fingerprint density at radius 1 is 0.882 bits per heavy atom. The molecule has 0 saturated heterocycles. The maximum absolute atomic E-state index is 7.12. The number of hydrogen-bond donors (Lipinski definition) is 2. The fourth-order valence-electron chi connectivity index (χ4n) is 6.00. The van der Waals surface area contributed by atoms with Crippen LogP contribution in [0.15, 0.2) is 23.1 Å². The molecule has 0 heterocycles. The van der Waals surface area contributed by atoms with Gasteiger partial charge in [0.25, 0.3) is 0 Å². The quantitative estimate of drug-likeness (QED) is 0.200.